The predicted molar refractivity (Wildman–Crippen MR) is 73.8 cm³/mol. The number of pyridine rings is 1. The molecule has 3 rings (SSSR count). The third kappa shape index (κ3) is 2.41. The summed E-state index contributed by atoms with van der Waals surface area (Å²) in [6.45, 7) is 0. The lowest BCUT2D eigenvalue weighted by Gasteiger charge is -2.36. The van der Waals surface area contributed by atoms with E-state index in [2.05, 4.69) is 4.98 Å². The lowest BCUT2D eigenvalue weighted by atomic mass is 9.76. The van der Waals surface area contributed by atoms with E-state index in [-0.39, 0.29) is 28.7 Å². The van der Waals surface area contributed by atoms with Gasteiger partial charge in [0.1, 0.15) is 5.82 Å². The van der Waals surface area contributed by atoms with Crippen LogP contribution in [0.3, 0.4) is 0 Å². The first-order chi connectivity index (χ1) is 10.0. The van der Waals surface area contributed by atoms with Gasteiger partial charge in [-0.2, -0.15) is 0 Å². The molecule has 0 aromatic carbocycles. The first-order valence-electron chi connectivity index (χ1n) is 7.07. The Labute approximate surface area is 121 Å². The lowest BCUT2D eigenvalue weighted by molar-refractivity contribution is -0.133. The molecule has 110 valence electrons. The van der Waals surface area contributed by atoms with Crippen molar-refractivity contribution in [2.24, 2.45) is 5.41 Å². The van der Waals surface area contributed by atoms with Crippen LogP contribution in [0.15, 0.2) is 18.2 Å². The molecule has 1 saturated heterocycles. The van der Waals surface area contributed by atoms with E-state index < -0.39 is 5.97 Å². The number of carbonyl (C=O) groups excluding carboxylic acids is 2. The van der Waals surface area contributed by atoms with Gasteiger partial charge in [-0.1, -0.05) is 18.9 Å². The summed E-state index contributed by atoms with van der Waals surface area (Å²) in [4.78, 5) is 40.6. The maximum atomic E-state index is 12.4. The highest BCUT2D eigenvalue weighted by molar-refractivity contribution is 6.16. The number of aromatic nitrogens is 1. The number of carboxylic acid groups (broad SMARTS) is 1. The van der Waals surface area contributed by atoms with E-state index in [9.17, 15) is 14.4 Å². The number of piperidine rings is 1. The van der Waals surface area contributed by atoms with Crippen molar-refractivity contribution >= 4 is 23.6 Å². The van der Waals surface area contributed by atoms with Gasteiger partial charge in [-0.25, -0.2) is 14.7 Å². The molecule has 21 heavy (non-hydrogen) atoms. The van der Waals surface area contributed by atoms with Crippen LogP contribution in [0, 0.1) is 5.41 Å². The molecule has 6 heteroatoms. The molecule has 6 nitrogen and oxygen atoms in total. The quantitative estimate of drug-likeness (QED) is 0.841. The van der Waals surface area contributed by atoms with E-state index in [1.165, 1.54) is 18.2 Å². The zero-order chi connectivity index (χ0) is 15.0. The first kappa shape index (κ1) is 13.7. The second-order valence-corrected chi connectivity index (χ2v) is 5.87. The number of hydrogen-bond acceptors (Lipinski definition) is 4. The summed E-state index contributed by atoms with van der Waals surface area (Å²) < 4.78 is 0. The average Bonchev–Trinajstić information content (AvgIpc) is 2.86. The minimum Gasteiger partial charge on any atom is -0.477 e. The van der Waals surface area contributed by atoms with Crippen molar-refractivity contribution in [3.05, 3.63) is 23.9 Å². The summed E-state index contributed by atoms with van der Waals surface area (Å²) in [5.41, 5.74) is -0.344. The number of aromatic carboxylic acids is 1. The molecule has 1 aliphatic carbocycles. The lowest BCUT2D eigenvalue weighted by Crippen LogP contribution is -2.47. The van der Waals surface area contributed by atoms with E-state index >= 15 is 0 Å². The molecular formula is C15H16N2O4. The number of nitrogens with zero attached hydrogens (tertiary/aromatic N) is 2. The predicted octanol–water partition coefficient (Wildman–Crippen LogP) is 1.99. The Morgan fingerprint density at radius 3 is 2.33 bits per heavy atom. The summed E-state index contributed by atoms with van der Waals surface area (Å²) in [7, 11) is 0. The van der Waals surface area contributed by atoms with Gasteiger partial charge in [-0.3, -0.25) is 9.59 Å². The molecule has 2 aliphatic rings. The standard InChI is InChI=1S/C15H16N2O4/c18-12-8-15(6-1-2-7-15)9-13(19)17(12)11-5-3-4-10(16-11)14(20)21/h3-5H,1-2,6-9H2,(H,20,21). The first-order valence-corrected chi connectivity index (χ1v) is 7.07. The summed E-state index contributed by atoms with van der Waals surface area (Å²) in [5, 5.41) is 8.96. The van der Waals surface area contributed by atoms with Gasteiger partial charge in [0.25, 0.3) is 0 Å². The Balaban J connectivity index is 1.89. The highest BCUT2D eigenvalue weighted by Gasteiger charge is 2.45. The van der Waals surface area contributed by atoms with E-state index in [1.54, 1.807) is 0 Å². The molecule has 2 heterocycles. The van der Waals surface area contributed by atoms with Crippen LogP contribution in [0.5, 0.6) is 0 Å². The monoisotopic (exact) mass is 288 g/mol. The Kier molecular flexibility index (Phi) is 3.23. The molecule has 1 aromatic heterocycles. The third-order valence-electron chi connectivity index (χ3n) is 4.40. The Bertz CT molecular complexity index is 600. The van der Waals surface area contributed by atoms with E-state index in [0.29, 0.717) is 12.8 Å². The van der Waals surface area contributed by atoms with Crippen LogP contribution in [0.1, 0.15) is 49.0 Å². The van der Waals surface area contributed by atoms with Crippen molar-refractivity contribution < 1.29 is 19.5 Å². The van der Waals surface area contributed by atoms with Gasteiger partial charge in [-0.05, 0) is 30.4 Å². The fraction of sp³-hybridized carbons (Fsp3) is 0.467. The minimum atomic E-state index is -1.18. The zero-order valence-corrected chi connectivity index (χ0v) is 11.5. The maximum absolute atomic E-state index is 12.4. The molecule has 1 spiro atoms. The van der Waals surface area contributed by atoms with E-state index in [1.807, 2.05) is 0 Å². The van der Waals surface area contributed by atoms with Gasteiger partial charge in [0.05, 0.1) is 0 Å². The Morgan fingerprint density at radius 2 is 1.76 bits per heavy atom. The zero-order valence-electron chi connectivity index (χ0n) is 11.5. The minimum absolute atomic E-state index is 0.109. The highest BCUT2D eigenvalue weighted by Crippen LogP contribution is 2.47. The summed E-state index contributed by atoms with van der Waals surface area (Å²) >= 11 is 0. The van der Waals surface area contributed by atoms with Crippen LogP contribution in [0.4, 0.5) is 5.82 Å². The number of rotatable bonds is 2. The Morgan fingerprint density at radius 1 is 1.14 bits per heavy atom. The molecule has 0 radical (unpaired) electrons. The number of carboxylic acids is 1. The average molecular weight is 288 g/mol. The molecule has 0 unspecified atom stereocenters. The fourth-order valence-corrected chi connectivity index (χ4v) is 3.40. The van der Waals surface area contributed by atoms with Crippen LogP contribution in [-0.2, 0) is 9.59 Å². The van der Waals surface area contributed by atoms with Crippen LogP contribution < -0.4 is 4.90 Å². The van der Waals surface area contributed by atoms with Crippen molar-refractivity contribution in [1.29, 1.82) is 0 Å². The van der Waals surface area contributed by atoms with Gasteiger partial charge in [0, 0.05) is 12.8 Å². The maximum Gasteiger partial charge on any atom is 0.354 e. The van der Waals surface area contributed by atoms with Crippen molar-refractivity contribution in [2.45, 2.75) is 38.5 Å². The SMILES string of the molecule is O=C(O)c1cccc(N2C(=O)CC3(CCCC3)CC2=O)n1. The van der Waals surface area contributed by atoms with Gasteiger partial charge in [-0.15, -0.1) is 0 Å². The van der Waals surface area contributed by atoms with Crippen LogP contribution in [0.25, 0.3) is 0 Å². The highest BCUT2D eigenvalue weighted by atomic mass is 16.4. The number of hydrogen-bond donors (Lipinski definition) is 1. The largest absolute Gasteiger partial charge is 0.477 e. The smallest absolute Gasteiger partial charge is 0.354 e. The van der Waals surface area contributed by atoms with Crippen molar-refractivity contribution in [1.82, 2.24) is 4.98 Å². The number of imide groups is 1. The molecule has 1 saturated carbocycles. The molecule has 2 amide bonds. The third-order valence-corrected chi connectivity index (χ3v) is 4.40. The van der Waals surface area contributed by atoms with Gasteiger partial charge < -0.3 is 5.11 Å². The Hall–Kier alpha value is -2.24. The van der Waals surface area contributed by atoms with E-state index in [0.717, 1.165) is 30.6 Å². The van der Waals surface area contributed by atoms with Gasteiger partial charge in [0.2, 0.25) is 11.8 Å². The van der Waals surface area contributed by atoms with Crippen molar-refractivity contribution in [3.63, 3.8) is 0 Å². The van der Waals surface area contributed by atoms with Crippen molar-refractivity contribution in [3.8, 4) is 0 Å². The summed E-state index contributed by atoms with van der Waals surface area (Å²) in [6.07, 6.45) is 4.65. The molecule has 1 aliphatic heterocycles. The second-order valence-electron chi connectivity index (χ2n) is 5.87. The molecule has 1 N–H and O–H groups in total. The number of carbonyl (C=O) groups is 3. The molecule has 1 aromatic rings. The second kappa shape index (κ2) is 4.95. The van der Waals surface area contributed by atoms with Gasteiger partial charge in [0.15, 0.2) is 5.69 Å². The molecular weight excluding hydrogens is 272 g/mol. The fourth-order valence-electron chi connectivity index (χ4n) is 3.40. The number of amides is 2. The molecule has 0 bridgehead atoms. The number of anilines is 1. The topological polar surface area (TPSA) is 87.6 Å². The van der Waals surface area contributed by atoms with Crippen LogP contribution >= 0.6 is 0 Å². The van der Waals surface area contributed by atoms with Gasteiger partial charge >= 0.3 is 5.97 Å². The van der Waals surface area contributed by atoms with Crippen LogP contribution in [0.2, 0.25) is 0 Å². The molecule has 2 fully saturated rings. The van der Waals surface area contributed by atoms with Crippen LogP contribution in [-0.4, -0.2) is 27.9 Å². The van der Waals surface area contributed by atoms with E-state index in [4.69, 9.17) is 5.11 Å². The normalized spacial score (nSPS) is 21.0. The summed E-state index contributed by atoms with van der Waals surface area (Å²) in [6, 6.07) is 4.32. The summed E-state index contributed by atoms with van der Waals surface area (Å²) in [5.74, 6) is -1.62. The van der Waals surface area contributed by atoms with Crippen molar-refractivity contribution in [2.75, 3.05) is 4.90 Å². The molecule has 0 atom stereocenters.